The van der Waals surface area contributed by atoms with Gasteiger partial charge >= 0.3 is 0 Å². The molecule has 1 aliphatic heterocycles. The van der Waals surface area contributed by atoms with Gasteiger partial charge in [0, 0.05) is 12.6 Å². The van der Waals surface area contributed by atoms with Gasteiger partial charge in [-0.3, -0.25) is 15.1 Å². The number of carbonyl (C=O) groups excluding carboxylic acids is 1. The predicted octanol–water partition coefficient (Wildman–Crippen LogP) is 0.844. The Labute approximate surface area is 93.6 Å². The highest BCUT2D eigenvalue weighted by molar-refractivity contribution is 6.06. The maximum absolute atomic E-state index is 11.8. The molecule has 1 aliphatic rings. The van der Waals surface area contributed by atoms with Crippen molar-refractivity contribution in [3.8, 4) is 0 Å². The number of carbonyl (C=O) groups is 1. The first kappa shape index (κ1) is 10.9. The predicted molar refractivity (Wildman–Crippen MR) is 60.1 cm³/mol. The first-order valence-corrected chi connectivity index (χ1v) is 4.92. The molecule has 2 rings (SSSR count). The third-order valence-corrected chi connectivity index (χ3v) is 2.82. The van der Waals surface area contributed by atoms with Crippen molar-refractivity contribution in [3.05, 3.63) is 23.8 Å². The van der Waals surface area contributed by atoms with Gasteiger partial charge in [-0.1, -0.05) is 0 Å². The van der Waals surface area contributed by atoms with Crippen molar-refractivity contribution in [2.45, 2.75) is 12.5 Å². The smallest absolute Gasteiger partial charge is 0.263 e. The highest BCUT2D eigenvalue weighted by Crippen LogP contribution is 2.40. The standard InChI is InChI=1S/C11H14N2O3/c1-11(15)8-6-7(12-16-3)4-5-9(8)13(2)10(11)14/h4-6,12,15H,1-3H3. The molecular formula is C11H14N2O3. The summed E-state index contributed by atoms with van der Waals surface area (Å²) in [6, 6.07) is 5.27. The number of nitrogens with one attached hydrogen (secondary N) is 1. The number of fused-ring (bicyclic) bond motifs is 1. The van der Waals surface area contributed by atoms with Crippen molar-refractivity contribution >= 4 is 17.3 Å². The molecule has 0 bridgehead atoms. The lowest BCUT2D eigenvalue weighted by atomic mass is 9.97. The number of rotatable bonds is 2. The molecule has 0 saturated heterocycles. The van der Waals surface area contributed by atoms with E-state index in [1.807, 2.05) is 0 Å². The zero-order valence-corrected chi connectivity index (χ0v) is 9.44. The van der Waals surface area contributed by atoms with Gasteiger partial charge in [0.25, 0.3) is 5.91 Å². The molecule has 1 aromatic rings. The Morgan fingerprint density at radius 1 is 1.50 bits per heavy atom. The first-order valence-electron chi connectivity index (χ1n) is 4.92. The Balaban J connectivity index is 2.52. The van der Waals surface area contributed by atoms with Crippen LogP contribution >= 0.6 is 0 Å². The molecule has 86 valence electrons. The van der Waals surface area contributed by atoms with Crippen LogP contribution in [-0.4, -0.2) is 25.2 Å². The number of benzene rings is 1. The monoisotopic (exact) mass is 222 g/mol. The maximum Gasteiger partial charge on any atom is 0.263 e. The Kier molecular flexibility index (Phi) is 2.36. The minimum atomic E-state index is -1.46. The average molecular weight is 222 g/mol. The molecule has 0 aliphatic carbocycles. The lowest BCUT2D eigenvalue weighted by molar-refractivity contribution is -0.133. The largest absolute Gasteiger partial charge is 0.375 e. The van der Waals surface area contributed by atoms with E-state index < -0.39 is 5.60 Å². The summed E-state index contributed by atoms with van der Waals surface area (Å²) in [7, 11) is 3.15. The van der Waals surface area contributed by atoms with Crippen molar-refractivity contribution in [2.75, 3.05) is 24.5 Å². The molecule has 5 nitrogen and oxygen atoms in total. The molecule has 2 N–H and O–H groups in total. The van der Waals surface area contributed by atoms with E-state index in [1.54, 1.807) is 25.2 Å². The molecule has 1 unspecified atom stereocenters. The summed E-state index contributed by atoms with van der Waals surface area (Å²) in [6.45, 7) is 1.49. The van der Waals surface area contributed by atoms with Crippen LogP contribution in [0.2, 0.25) is 0 Å². The van der Waals surface area contributed by atoms with Crippen LogP contribution in [0, 0.1) is 0 Å². The van der Waals surface area contributed by atoms with Crippen LogP contribution in [0.1, 0.15) is 12.5 Å². The number of nitrogens with zero attached hydrogens (tertiary/aromatic N) is 1. The highest BCUT2D eigenvalue weighted by atomic mass is 16.6. The minimum absolute atomic E-state index is 0.322. The van der Waals surface area contributed by atoms with Gasteiger partial charge in [-0.05, 0) is 25.1 Å². The Morgan fingerprint density at radius 3 is 2.81 bits per heavy atom. The number of aliphatic hydroxyl groups is 1. The van der Waals surface area contributed by atoms with Gasteiger partial charge in [-0.2, -0.15) is 0 Å². The van der Waals surface area contributed by atoms with Crippen molar-refractivity contribution in [1.82, 2.24) is 0 Å². The second kappa shape index (κ2) is 3.47. The first-order chi connectivity index (χ1) is 7.48. The molecule has 1 amide bonds. The van der Waals surface area contributed by atoms with Crippen molar-refractivity contribution in [2.24, 2.45) is 0 Å². The van der Waals surface area contributed by atoms with E-state index in [0.29, 0.717) is 11.3 Å². The summed E-state index contributed by atoms with van der Waals surface area (Å²) < 4.78 is 0. The summed E-state index contributed by atoms with van der Waals surface area (Å²) >= 11 is 0. The molecule has 16 heavy (non-hydrogen) atoms. The van der Waals surface area contributed by atoms with Crippen LogP contribution < -0.4 is 10.4 Å². The van der Waals surface area contributed by atoms with E-state index in [2.05, 4.69) is 5.48 Å². The third kappa shape index (κ3) is 1.36. The molecular weight excluding hydrogens is 208 g/mol. The van der Waals surface area contributed by atoms with E-state index in [-0.39, 0.29) is 5.91 Å². The zero-order valence-electron chi connectivity index (χ0n) is 9.44. The SMILES string of the molecule is CONc1ccc2c(c1)C(C)(O)C(=O)N2C. The molecule has 1 aromatic carbocycles. The van der Waals surface area contributed by atoms with Crippen LogP contribution in [0.5, 0.6) is 0 Å². The fourth-order valence-electron chi connectivity index (χ4n) is 1.95. The third-order valence-electron chi connectivity index (χ3n) is 2.82. The van der Waals surface area contributed by atoms with Crippen molar-refractivity contribution in [1.29, 1.82) is 0 Å². The number of likely N-dealkylation sites (N-methyl/N-ethyl adjacent to an activating group) is 1. The van der Waals surface area contributed by atoms with Crippen LogP contribution in [0.15, 0.2) is 18.2 Å². The van der Waals surface area contributed by atoms with Crippen LogP contribution in [0.3, 0.4) is 0 Å². The number of hydrogen-bond donors (Lipinski definition) is 2. The van der Waals surface area contributed by atoms with Gasteiger partial charge in [0.1, 0.15) is 0 Å². The fourth-order valence-corrected chi connectivity index (χ4v) is 1.95. The van der Waals surface area contributed by atoms with Gasteiger partial charge in [-0.25, -0.2) is 0 Å². The van der Waals surface area contributed by atoms with Gasteiger partial charge in [0.15, 0.2) is 5.60 Å². The number of amides is 1. The zero-order chi connectivity index (χ0) is 11.9. The van der Waals surface area contributed by atoms with E-state index >= 15 is 0 Å². The van der Waals surface area contributed by atoms with Crippen molar-refractivity contribution in [3.63, 3.8) is 0 Å². The Hall–Kier alpha value is -1.59. The second-order valence-electron chi connectivity index (χ2n) is 3.97. The second-order valence-corrected chi connectivity index (χ2v) is 3.97. The minimum Gasteiger partial charge on any atom is -0.375 e. The molecule has 0 fully saturated rings. The van der Waals surface area contributed by atoms with E-state index in [0.717, 1.165) is 5.69 Å². The van der Waals surface area contributed by atoms with Crippen LogP contribution in [-0.2, 0) is 15.2 Å². The summed E-state index contributed by atoms with van der Waals surface area (Å²) in [5.74, 6) is -0.322. The molecule has 5 heteroatoms. The normalized spacial score (nSPS) is 23.5. The van der Waals surface area contributed by atoms with Crippen molar-refractivity contribution < 1.29 is 14.7 Å². The topological polar surface area (TPSA) is 61.8 Å². The van der Waals surface area contributed by atoms with Gasteiger partial charge in [0.05, 0.1) is 18.5 Å². The fraction of sp³-hybridized carbons (Fsp3) is 0.364. The molecule has 0 spiro atoms. The summed E-state index contributed by atoms with van der Waals surface area (Å²) in [6.07, 6.45) is 0. The summed E-state index contributed by atoms with van der Waals surface area (Å²) in [5.41, 5.74) is 3.20. The number of hydrogen-bond acceptors (Lipinski definition) is 4. The summed E-state index contributed by atoms with van der Waals surface area (Å²) in [4.78, 5) is 18.0. The van der Waals surface area contributed by atoms with Crippen LogP contribution in [0.4, 0.5) is 11.4 Å². The number of anilines is 2. The van der Waals surface area contributed by atoms with Gasteiger partial charge in [0.2, 0.25) is 0 Å². The maximum atomic E-state index is 11.8. The van der Waals surface area contributed by atoms with E-state index in [4.69, 9.17) is 4.84 Å². The van der Waals surface area contributed by atoms with Crippen LogP contribution in [0.25, 0.3) is 0 Å². The highest BCUT2D eigenvalue weighted by Gasteiger charge is 2.44. The van der Waals surface area contributed by atoms with Gasteiger partial charge < -0.3 is 10.0 Å². The molecule has 0 radical (unpaired) electrons. The quantitative estimate of drug-likeness (QED) is 0.728. The lowest BCUT2D eigenvalue weighted by Gasteiger charge is -2.15. The molecule has 1 heterocycles. The molecule has 0 saturated carbocycles. The average Bonchev–Trinajstić information content (AvgIpc) is 2.42. The van der Waals surface area contributed by atoms with Gasteiger partial charge in [-0.15, -0.1) is 0 Å². The molecule has 0 aromatic heterocycles. The Morgan fingerprint density at radius 2 is 2.19 bits per heavy atom. The molecule has 1 atom stereocenters. The summed E-state index contributed by atoms with van der Waals surface area (Å²) in [5, 5.41) is 10.1. The lowest BCUT2D eigenvalue weighted by Crippen LogP contribution is -2.35. The Bertz CT molecular complexity index is 443. The van der Waals surface area contributed by atoms with E-state index in [1.165, 1.54) is 18.9 Å². The van der Waals surface area contributed by atoms with E-state index in [9.17, 15) is 9.90 Å².